The predicted octanol–water partition coefficient (Wildman–Crippen LogP) is 3.30. The summed E-state index contributed by atoms with van der Waals surface area (Å²) in [5.41, 5.74) is 1.09. The van der Waals surface area contributed by atoms with Crippen molar-refractivity contribution < 1.29 is 4.39 Å². The van der Waals surface area contributed by atoms with Crippen LogP contribution in [0.2, 0.25) is 0 Å². The summed E-state index contributed by atoms with van der Waals surface area (Å²) in [6.07, 6.45) is 3.57. The first kappa shape index (κ1) is 10.9. The Morgan fingerprint density at radius 2 is 2.31 bits per heavy atom. The molecule has 0 amide bonds. The van der Waals surface area contributed by atoms with E-state index < -0.39 is 0 Å². The highest BCUT2D eigenvalue weighted by Crippen LogP contribution is 2.37. The van der Waals surface area contributed by atoms with Crippen molar-refractivity contribution in [3.05, 3.63) is 29.6 Å². The molecule has 2 rings (SSSR count). The van der Waals surface area contributed by atoms with Gasteiger partial charge in [-0.1, -0.05) is 13.3 Å². The average Bonchev–Trinajstić information content (AvgIpc) is 2.96. The van der Waals surface area contributed by atoms with Gasteiger partial charge < -0.3 is 5.32 Å². The third-order valence-corrected chi connectivity index (χ3v) is 2.96. The van der Waals surface area contributed by atoms with Crippen molar-refractivity contribution in [1.29, 1.82) is 5.26 Å². The molecule has 2 unspecified atom stereocenters. The van der Waals surface area contributed by atoms with Crippen molar-refractivity contribution in [3.63, 3.8) is 0 Å². The van der Waals surface area contributed by atoms with Gasteiger partial charge in [-0.05, 0) is 37.0 Å². The summed E-state index contributed by atoms with van der Waals surface area (Å²) in [4.78, 5) is 0. The number of halogens is 1. The van der Waals surface area contributed by atoms with Crippen LogP contribution in [0.5, 0.6) is 0 Å². The highest BCUT2D eigenvalue weighted by atomic mass is 19.1. The highest BCUT2D eigenvalue weighted by molar-refractivity contribution is 5.51. The Kier molecular flexibility index (Phi) is 3.09. The smallest absolute Gasteiger partial charge is 0.126 e. The molecule has 0 aliphatic heterocycles. The Hall–Kier alpha value is -1.56. The van der Waals surface area contributed by atoms with Crippen LogP contribution in [-0.4, -0.2) is 6.04 Å². The number of hydrogen-bond donors (Lipinski definition) is 1. The van der Waals surface area contributed by atoms with Gasteiger partial charge in [0, 0.05) is 11.7 Å². The highest BCUT2D eigenvalue weighted by Gasteiger charge is 2.35. The molecule has 0 saturated heterocycles. The van der Waals surface area contributed by atoms with Crippen molar-refractivity contribution in [2.75, 3.05) is 5.32 Å². The average molecular weight is 218 g/mol. The minimum absolute atomic E-state index is 0.353. The van der Waals surface area contributed by atoms with E-state index in [1.165, 1.54) is 25.0 Å². The van der Waals surface area contributed by atoms with Crippen molar-refractivity contribution in [2.45, 2.75) is 32.2 Å². The Bertz CT molecular complexity index is 422. The lowest BCUT2D eigenvalue weighted by Crippen LogP contribution is -2.05. The van der Waals surface area contributed by atoms with Crippen LogP contribution >= 0.6 is 0 Å². The van der Waals surface area contributed by atoms with Crippen molar-refractivity contribution in [2.24, 2.45) is 5.92 Å². The van der Waals surface area contributed by atoms with E-state index in [1.807, 2.05) is 6.07 Å². The monoisotopic (exact) mass is 218 g/mol. The number of nitrogens with one attached hydrogen (secondary N) is 1. The maximum absolute atomic E-state index is 13.1. The largest absolute Gasteiger partial charge is 0.382 e. The zero-order valence-corrected chi connectivity index (χ0v) is 9.33. The van der Waals surface area contributed by atoms with E-state index in [1.54, 1.807) is 6.07 Å². The zero-order valence-electron chi connectivity index (χ0n) is 9.33. The van der Waals surface area contributed by atoms with Gasteiger partial charge in [0.1, 0.15) is 5.82 Å². The lowest BCUT2D eigenvalue weighted by atomic mass is 10.2. The lowest BCUT2D eigenvalue weighted by molar-refractivity contribution is 0.627. The molecular weight excluding hydrogens is 203 g/mol. The second-order valence-electron chi connectivity index (χ2n) is 4.38. The van der Waals surface area contributed by atoms with Gasteiger partial charge in [-0.25, -0.2) is 4.39 Å². The maximum Gasteiger partial charge on any atom is 0.126 e. The second-order valence-corrected chi connectivity index (χ2v) is 4.38. The fourth-order valence-corrected chi connectivity index (χ4v) is 2.07. The summed E-state index contributed by atoms with van der Waals surface area (Å²) >= 11 is 0. The number of hydrogen-bond acceptors (Lipinski definition) is 2. The molecule has 0 spiro atoms. The summed E-state index contributed by atoms with van der Waals surface area (Å²) in [5.74, 6) is 0.369. The molecule has 1 N–H and O–H groups in total. The quantitative estimate of drug-likeness (QED) is 0.841. The van der Waals surface area contributed by atoms with Crippen LogP contribution in [0.4, 0.5) is 10.1 Å². The number of anilines is 1. The summed E-state index contributed by atoms with van der Waals surface area (Å²) in [7, 11) is 0. The molecule has 16 heavy (non-hydrogen) atoms. The lowest BCUT2D eigenvalue weighted by Gasteiger charge is -2.06. The molecule has 84 valence electrons. The Morgan fingerprint density at radius 1 is 1.50 bits per heavy atom. The van der Waals surface area contributed by atoms with Crippen LogP contribution in [-0.2, 0) is 0 Å². The van der Waals surface area contributed by atoms with Crippen molar-refractivity contribution in [1.82, 2.24) is 0 Å². The summed E-state index contributed by atoms with van der Waals surface area (Å²) in [6.45, 7) is 2.17. The van der Waals surface area contributed by atoms with Gasteiger partial charge in [0.25, 0.3) is 0 Å². The molecule has 2 atom stereocenters. The predicted molar refractivity (Wildman–Crippen MR) is 61.5 cm³/mol. The molecule has 1 fully saturated rings. The molecular formula is C13H15FN2. The molecule has 0 aromatic heterocycles. The fraction of sp³-hybridized carbons (Fsp3) is 0.462. The standard InChI is InChI=1S/C13H15FN2/c1-2-3-10-6-13(10)16-12-5-9(8-15)4-11(14)7-12/h4-5,7,10,13,16H,2-3,6H2,1H3. The van der Waals surface area contributed by atoms with Gasteiger partial charge in [-0.15, -0.1) is 0 Å². The summed E-state index contributed by atoms with van der Waals surface area (Å²) < 4.78 is 13.1. The molecule has 1 aromatic carbocycles. The fourth-order valence-electron chi connectivity index (χ4n) is 2.07. The van der Waals surface area contributed by atoms with Crippen LogP contribution in [0.25, 0.3) is 0 Å². The number of benzene rings is 1. The van der Waals surface area contributed by atoms with E-state index in [-0.39, 0.29) is 5.82 Å². The topological polar surface area (TPSA) is 35.8 Å². The van der Waals surface area contributed by atoms with Crippen LogP contribution in [0, 0.1) is 23.1 Å². The van der Waals surface area contributed by atoms with Gasteiger partial charge in [0.2, 0.25) is 0 Å². The first-order chi connectivity index (χ1) is 7.72. The molecule has 1 aromatic rings. The van der Waals surface area contributed by atoms with Crippen LogP contribution in [0.1, 0.15) is 31.7 Å². The third kappa shape index (κ3) is 2.52. The van der Waals surface area contributed by atoms with Gasteiger partial charge in [0.05, 0.1) is 11.6 Å². The van der Waals surface area contributed by atoms with E-state index >= 15 is 0 Å². The Balaban J connectivity index is 2.00. The zero-order chi connectivity index (χ0) is 11.5. The van der Waals surface area contributed by atoms with Crippen molar-refractivity contribution >= 4 is 5.69 Å². The van der Waals surface area contributed by atoms with Crippen LogP contribution in [0.3, 0.4) is 0 Å². The van der Waals surface area contributed by atoms with E-state index in [9.17, 15) is 4.39 Å². The van der Waals surface area contributed by atoms with Crippen LogP contribution in [0.15, 0.2) is 18.2 Å². The molecule has 3 heteroatoms. The van der Waals surface area contributed by atoms with E-state index in [0.29, 0.717) is 11.6 Å². The van der Waals surface area contributed by atoms with Gasteiger partial charge in [0.15, 0.2) is 0 Å². The third-order valence-electron chi connectivity index (χ3n) is 2.96. The van der Waals surface area contributed by atoms with E-state index in [0.717, 1.165) is 18.0 Å². The second kappa shape index (κ2) is 4.52. The van der Waals surface area contributed by atoms with Gasteiger partial charge in [-0.3, -0.25) is 0 Å². The maximum atomic E-state index is 13.1. The van der Waals surface area contributed by atoms with Crippen molar-refractivity contribution in [3.8, 4) is 6.07 Å². The summed E-state index contributed by atoms with van der Waals surface area (Å²) in [6, 6.07) is 6.82. The van der Waals surface area contributed by atoms with Gasteiger partial charge in [-0.2, -0.15) is 5.26 Å². The molecule has 2 nitrogen and oxygen atoms in total. The summed E-state index contributed by atoms with van der Waals surface area (Å²) in [5, 5.41) is 12.0. The number of nitriles is 1. The first-order valence-corrected chi connectivity index (χ1v) is 5.70. The SMILES string of the molecule is CCCC1CC1Nc1cc(F)cc(C#N)c1. The van der Waals surface area contributed by atoms with Crippen LogP contribution < -0.4 is 5.32 Å². The molecule has 1 aliphatic carbocycles. The molecule has 0 bridgehead atoms. The van der Waals surface area contributed by atoms with E-state index in [2.05, 4.69) is 12.2 Å². The number of nitrogens with zero attached hydrogens (tertiary/aromatic N) is 1. The van der Waals surface area contributed by atoms with E-state index in [4.69, 9.17) is 5.26 Å². The molecule has 0 heterocycles. The molecule has 1 aliphatic rings. The Labute approximate surface area is 95.1 Å². The minimum atomic E-state index is -0.353. The molecule has 0 radical (unpaired) electrons. The Morgan fingerprint density at radius 3 is 3.00 bits per heavy atom. The number of rotatable bonds is 4. The van der Waals surface area contributed by atoms with Gasteiger partial charge >= 0.3 is 0 Å². The normalized spacial score (nSPS) is 22.6. The minimum Gasteiger partial charge on any atom is -0.382 e. The molecule has 1 saturated carbocycles. The first-order valence-electron chi connectivity index (χ1n) is 5.70.